The number of carboxylic acids is 1. The molecule has 0 amide bonds. The largest absolute Gasteiger partial charge is 0.478 e. The molecular weight excluding hydrogens is 261 g/mol. The second kappa shape index (κ2) is 5.28. The number of rotatable bonds is 3. The van der Waals surface area contributed by atoms with Crippen molar-refractivity contribution >= 4 is 23.0 Å². The summed E-state index contributed by atoms with van der Waals surface area (Å²) in [6, 6.07) is 9.94. The summed E-state index contributed by atoms with van der Waals surface area (Å²) >= 11 is 0. The summed E-state index contributed by atoms with van der Waals surface area (Å²) in [5, 5.41) is 20.7. The molecule has 0 aliphatic carbocycles. The van der Waals surface area contributed by atoms with Crippen LogP contribution in [-0.4, -0.2) is 11.1 Å². The van der Waals surface area contributed by atoms with Crippen LogP contribution in [0.3, 0.4) is 0 Å². The number of nitriles is 1. The fourth-order valence-electron chi connectivity index (χ4n) is 1.69. The molecule has 4 N–H and O–H groups in total. The van der Waals surface area contributed by atoms with Crippen LogP contribution in [0.1, 0.15) is 15.9 Å². The number of carbonyl (C=O) groups is 1. The third-order valence-corrected chi connectivity index (χ3v) is 2.64. The number of halogens is 1. The van der Waals surface area contributed by atoms with Gasteiger partial charge in [0, 0.05) is 11.4 Å². The Morgan fingerprint density at radius 1 is 1.30 bits per heavy atom. The topological polar surface area (TPSA) is 99.1 Å². The van der Waals surface area contributed by atoms with Gasteiger partial charge in [0.25, 0.3) is 0 Å². The summed E-state index contributed by atoms with van der Waals surface area (Å²) in [5.74, 6) is -1.77. The molecule has 2 rings (SSSR count). The van der Waals surface area contributed by atoms with Crippen molar-refractivity contribution in [3.05, 3.63) is 53.3 Å². The Hall–Kier alpha value is -3.07. The Kier molecular flexibility index (Phi) is 3.53. The fraction of sp³-hybridized carbons (Fsp3) is 0. The van der Waals surface area contributed by atoms with Crippen molar-refractivity contribution in [3.8, 4) is 6.07 Å². The van der Waals surface area contributed by atoms with E-state index in [1.165, 1.54) is 24.3 Å². The van der Waals surface area contributed by atoms with E-state index in [0.717, 1.165) is 6.07 Å². The van der Waals surface area contributed by atoms with E-state index in [2.05, 4.69) is 5.32 Å². The predicted octanol–water partition coefficient (Wildman–Crippen LogP) is 2.72. The summed E-state index contributed by atoms with van der Waals surface area (Å²) in [6.07, 6.45) is 0. The quantitative estimate of drug-likeness (QED) is 0.745. The monoisotopic (exact) mass is 271 g/mol. The van der Waals surface area contributed by atoms with Gasteiger partial charge in [-0.05, 0) is 36.4 Å². The van der Waals surface area contributed by atoms with E-state index in [-0.39, 0.29) is 11.1 Å². The number of aromatic carboxylic acids is 1. The lowest BCUT2D eigenvalue weighted by atomic mass is 10.1. The average Bonchev–Trinajstić information content (AvgIpc) is 2.42. The van der Waals surface area contributed by atoms with Crippen molar-refractivity contribution in [2.75, 3.05) is 11.1 Å². The SMILES string of the molecule is N#Cc1cc(Nc2ccc(N)cc2C(=O)O)ccc1F. The van der Waals surface area contributed by atoms with Gasteiger partial charge in [0.15, 0.2) is 0 Å². The lowest BCUT2D eigenvalue weighted by Crippen LogP contribution is -2.04. The third kappa shape index (κ3) is 2.67. The van der Waals surface area contributed by atoms with Crippen LogP contribution in [0.25, 0.3) is 0 Å². The van der Waals surface area contributed by atoms with Gasteiger partial charge >= 0.3 is 5.97 Å². The Morgan fingerprint density at radius 3 is 2.70 bits per heavy atom. The molecule has 100 valence electrons. The van der Waals surface area contributed by atoms with Gasteiger partial charge in [0.1, 0.15) is 11.9 Å². The summed E-state index contributed by atoms with van der Waals surface area (Å²) < 4.78 is 13.2. The lowest BCUT2D eigenvalue weighted by molar-refractivity contribution is 0.0698. The molecule has 5 nitrogen and oxygen atoms in total. The highest BCUT2D eigenvalue weighted by Crippen LogP contribution is 2.24. The van der Waals surface area contributed by atoms with E-state index in [9.17, 15) is 9.18 Å². The molecular formula is C14H10FN3O2. The van der Waals surface area contributed by atoms with Crippen molar-refractivity contribution in [2.24, 2.45) is 0 Å². The highest BCUT2D eigenvalue weighted by Gasteiger charge is 2.11. The molecule has 0 radical (unpaired) electrons. The van der Waals surface area contributed by atoms with Crippen molar-refractivity contribution in [1.82, 2.24) is 0 Å². The first-order valence-corrected chi connectivity index (χ1v) is 5.61. The molecule has 2 aromatic rings. The molecule has 0 aliphatic rings. The van der Waals surface area contributed by atoms with Crippen LogP contribution >= 0.6 is 0 Å². The summed E-state index contributed by atoms with van der Waals surface area (Å²) in [6.45, 7) is 0. The molecule has 0 atom stereocenters. The number of hydrogen-bond acceptors (Lipinski definition) is 4. The van der Waals surface area contributed by atoms with Crippen molar-refractivity contribution in [2.45, 2.75) is 0 Å². The van der Waals surface area contributed by atoms with Crippen LogP contribution in [0.2, 0.25) is 0 Å². The van der Waals surface area contributed by atoms with Gasteiger partial charge in [-0.2, -0.15) is 5.26 Å². The first-order valence-electron chi connectivity index (χ1n) is 5.61. The molecule has 0 heterocycles. The Morgan fingerprint density at radius 2 is 2.05 bits per heavy atom. The van der Waals surface area contributed by atoms with Crippen molar-refractivity contribution < 1.29 is 14.3 Å². The molecule has 0 saturated carbocycles. The van der Waals surface area contributed by atoms with E-state index in [0.29, 0.717) is 17.1 Å². The number of hydrogen-bond donors (Lipinski definition) is 3. The number of anilines is 3. The van der Waals surface area contributed by atoms with Crippen LogP contribution in [0.4, 0.5) is 21.5 Å². The number of nitrogen functional groups attached to an aromatic ring is 1. The van der Waals surface area contributed by atoms with E-state index in [1.807, 2.05) is 0 Å². The number of carboxylic acid groups (broad SMARTS) is 1. The van der Waals surface area contributed by atoms with E-state index in [1.54, 1.807) is 12.1 Å². The standard InChI is InChI=1S/C14H10FN3O2/c15-12-3-2-10(5-8(12)7-16)18-13-4-1-9(17)6-11(13)14(19)20/h1-6,18H,17H2,(H,19,20). The third-order valence-electron chi connectivity index (χ3n) is 2.64. The van der Waals surface area contributed by atoms with Gasteiger partial charge in [-0.25, -0.2) is 9.18 Å². The molecule has 0 bridgehead atoms. The maximum atomic E-state index is 13.2. The Labute approximate surface area is 114 Å². The van der Waals surface area contributed by atoms with E-state index in [4.69, 9.17) is 16.1 Å². The van der Waals surface area contributed by atoms with Crippen molar-refractivity contribution in [1.29, 1.82) is 5.26 Å². The number of nitrogens with zero attached hydrogens (tertiary/aromatic N) is 1. The predicted molar refractivity (Wildman–Crippen MR) is 72.2 cm³/mol. The lowest BCUT2D eigenvalue weighted by Gasteiger charge is -2.10. The minimum absolute atomic E-state index is 0.00664. The van der Waals surface area contributed by atoms with Gasteiger partial charge in [0.05, 0.1) is 16.8 Å². The molecule has 6 heteroatoms. The molecule has 0 aliphatic heterocycles. The maximum Gasteiger partial charge on any atom is 0.337 e. The number of nitrogens with two attached hydrogens (primary N) is 1. The second-order valence-electron chi connectivity index (χ2n) is 4.04. The number of benzene rings is 2. The molecule has 0 aromatic heterocycles. The van der Waals surface area contributed by atoms with Crippen molar-refractivity contribution in [3.63, 3.8) is 0 Å². The van der Waals surface area contributed by atoms with Crippen LogP contribution < -0.4 is 11.1 Å². The molecule has 2 aromatic carbocycles. The Balaban J connectivity index is 2.40. The van der Waals surface area contributed by atoms with E-state index < -0.39 is 11.8 Å². The summed E-state index contributed by atoms with van der Waals surface area (Å²) in [5.41, 5.74) is 6.45. The first kappa shape index (κ1) is 13.4. The molecule has 20 heavy (non-hydrogen) atoms. The maximum absolute atomic E-state index is 13.2. The normalized spacial score (nSPS) is 9.80. The molecule has 0 saturated heterocycles. The van der Waals surface area contributed by atoms with Crippen LogP contribution in [0, 0.1) is 17.1 Å². The first-order chi connectivity index (χ1) is 9.51. The van der Waals surface area contributed by atoms with Gasteiger partial charge < -0.3 is 16.2 Å². The number of nitrogens with one attached hydrogen (secondary N) is 1. The minimum atomic E-state index is -1.14. The van der Waals surface area contributed by atoms with Crippen LogP contribution in [0.15, 0.2) is 36.4 Å². The summed E-state index contributed by atoms with van der Waals surface area (Å²) in [4.78, 5) is 11.1. The molecule has 0 unspecified atom stereocenters. The van der Waals surface area contributed by atoms with Gasteiger partial charge in [-0.1, -0.05) is 0 Å². The highest BCUT2D eigenvalue weighted by molar-refractivity contribution is 5.96. The molecule has 0 fully saturated rings. The fourth-order valence-corrected chi connectivity index (χ4v) is 1.69. The zero-order chi connectivity index (χ0) is 14.7. The smallest absolute Gasteiger partial charge is 0.337 e. The van der Waals surface area contributed by atoms with Crippen LogP contribution in [0.5, 0.6) is 0 Å². The second-order valence-corrected chi connectivity index (χ2v) is 4.04. The van der Waals surface area contributed by atoms with Gasteiger partial charge in [-0.3, -0.25) is 0 Å². The summed E-state index contributed by atoms with van der Waals surface area (Å²) in [7, 11) is 0. The molecule has 0 spiro atoms. The Bertz CT molecular complexity index is 723. The van der Waals surface area contributed by atoms with E-state index >= 15 is 0 Å². The minimum Gasteiger partial charge on any atom is -0.478 e. The highest BCUT2D eigenvalue weighted by atomic mass is 19.1. The van der Waals surface area contributed by atoms with Gasteiger partial charge in [-0.15, -0.1) is 0 Å². The zero-order valence-corrected chi connectivity index (χ0v) is 10.2. The van der Waals surface area contributed by atoms with Crippen LogP contribution in [-0.2, 0) is 0 Å². The van der Waals surface area contributed by atoms with Gasteiger partial charge in [0.2, 0.25) is 0 Å². The zero-order valence-electron chi connectivity index (χ0n) is 10.2. The average molecular weight is 271 g/mol.